The Morgan fingerprint density at radius 2 is 1.29 bits per heavy atom. The molecule has 0 saturated carbocycles. The van der Waals surface area contributed by atoms with Crippen LogP contribution in [-0.2, 0) is 23.1 Å². The van der Waals surface area contributed by atoms with Crippen LogP contribution in [0.25, 0.3) is 0 Å². The van der Waals surface area contributed by atoms with Gasteiger partial charge in [-0.2, -0.15) is 0 Å². The number of carbonyl (C=O) groups is 1. The maximum Gasteiger partial charge on any atom is 0.472 e. The maximum atomic E-state index is 11.7. The van der Waals surface area contributed by atoms with Gasteiger partial charge in [0.15, 0.2) is 0 Å². The number of aliphatic hydroxyl groups is 3. The summed E-state index contributed by atoms with van der Waals surface area (Å²) in [6.07, 6.45) is 17.5. The number of allylic oxidation sites excluding steroid dienone is 2. The Morgan fingerprint density at radius 1 is 0.794 bits per heavy atom. The molecule has 0 aliphatic rings. The van der Waals surface area contributed by atoms with E-state index in [1.54, 1.807) is 0 Å². The van der Waals surface area contributed by atoms with E-state index in [1.165, 1.54) is 44.9 Å². The molecular weight excluding hydrogens is 463 g/mol. The van der Waals surface area contributed by atoms with Crippen LogP contribution in [0.5, 0.6) is 0 Å². The molecule has 1 unspecified atom stereocenters. The molecule has 0 heterocycles. The summed E-state index contributed by atoms with van der Waals surface area (Å²) in [7, 11) is -4.48. The SMILES string of the molecule is CCCCCCCC/C=C\CCCCCCCC(=O)OC[C@H](O)COP(=O)(O)OC[C@@H](O)CO. The summed E-state index contributed by atoms with van der Waals surface area (Å²) in [5.41, 5.74) is 0. The molecule has 34 heavy (non-hydrogen) atoms. The predicted octanol–water partition coefficient (Wildman–Crippen LogP) is 4.41. The molecular formula is C24H47O9P. The first-order valence-corrected chi connectivity index (χ1v) is 14.2. The zero-order valence-electron chi connectivity index (χ0n) is 20.8. The van der Waals surface area contributed by atoms with Crippen molar-refractivity contribution >= 4 is 13.8 Å². The molecule has 0 spiro atoms. The highest BCUT2D eigenvalue weighted by molar-refractivity contribution is 7.47. The predicted molar refractivity (Wildman–Crippen MR) is 131 cm³/mol. The molecule has 0 bridgehead atoms. The highest BCUT2D eigenvalue weighted by Gasteiger charge is 2.24. The van der Waals surface area contributed by atoms with Gasteiger partial charge < -0.3 is 24.9 Å². The molecule has 0 fully saturated rings. The van der Waals surface area contributed by atoms with Crippen molar-refractivity contribution in [3.8, 4) is 0 Å². The molecule has 0 aliphatic carbocycles. The van der Waals surface area contributed by atoms with Crippen molar-refractivity contribution in [2.24, 2.45) is 0 Å². The molecule has 0 amide bonds. The second-order valence-corrected chi connectivity index (χ2v) is 10.0. The lowest BCUT2D eigenvalue weighted by atomic mass is 10.1. The van der Waals surface area contributed by atoms with Gasteiger partial charge in [0.25, 0.3) is 0 Å². The lowest BCUT2D eigenvalue weighted by molar-refractivity contribution is -0.147. The summed E-state index contributed by atoms with van der Waals surface area (Å²) in [5, 5.41) is 27.4. The Kier molecular flexibility index (Phi) is 22.1. The van der Waals surface area contributed by atoms with Gasteiger partial charge in [-0.3, -0.25) is 13.8 Å². The quantitative estimate of drug-likeness (QED) is 0.0642. The van der Waals surface area contributed by atoms with Crippen LogP contribution in [0.2, 0.25) is 0 Å². The first-order chi connectivity index (χ1) is 16.3. The van der Waals surface area contributed by atoms with E-state index < -0.39 is 45.8 Å². The van der Waals surface area contributed by atoms with Crippen LogP contribution in [0.1, 0.15) is 96.8 Å². The van der Waals surface area contributed by atoms with Gasteiger partial charge in [-0.25, -0.2) is 4.57 Å². The van der Waals surface area contributed by atoms with Crippen LogP contribution in [0.3, 0.4) is 0 Å². The van der Waals surface area contributed by atoms with Crippen LogP contribution in [0, 0.1) is 0 Å². The number of hydrogen-bond donors (Lipinski definition) is 4. The van der Waals surface area contributed by atoms with Crippen molar-refractivity contribution in [3.63, 3.8) is 0 Å². The third-order valence-corrected chi connectivity index (χ3v) is 6.10. The molecule has 0 radical (unpaired) electrons. The molecule has 0 aromatic rings. The minimum absolute atomic E-state index is 0.256. The number of esters is 1. The van der Waals surface area contributed by atoms with Gasteiger partial charge >= 0.3 is 13.8 Å². The van der Waals surface area contributed by atoms with Gasteiger partial charge in [-0.15, -0.1) is 0 Å². The largest absolute Gasteiger partial charge is 0.472 e. The number of phosphoric ester groups is 1. The Morgan fingerprint density at radius 3 is 1.85 bits per heavy atom. The van der Waals surface area contributed by atoms with Crippen LogP contribution < -0.4 is 0 Å². The zero-order valence-corrected chi connectivity index (χ0v) is 21.7. The monoisotopic (exact) mass is 510 g/mol. The summed E-state index contributed by atoms with van der Waals surface area (Å²) in [6.45, 7) is 0.0769. The highest BCUT2D eigenvalue weighted by atomic mass is 31.2. The minimum Gasteiger partial charge on any atom is -0.463 e. The topological polar surface area (TPSA) is 143 Å². The number of hydrogen-bond acceptors (Lipinski definition) is 8. The van der Waals surface area contributed by atoms with E-state index in [0.717, 1.165) is 32.1 Å². The van der Waals surface area contributed by atoms with Gasteiger partial charge in [0.2, 0.25) is 0 Å². The fraction of sp³-hybridized carbons (Fsp3) is 0.875. The van der Waals surface area contributed by atoms with Crippen molar-refractivity contribution in [3.05, 3.63) is 12.2 Å². The van der Waals surface area contributed by atoms with Crippen molar-refractivity contribution in [1.82, 2.24) is 0 Å². The number of rotatable bonds is 24. The summed E-state index contributed by atoms with van der Waals surface area (Å²) >= 11 is 0. The molecule has 10 heteroatoms. The van der Waals surface area contributed by atoms with Crippen LogP contribution in [0.15, 0.2) is 12.2 Å². The molecule has 4 N–H and O–H groups in total. The van der Waals surface area contributed by atoms with E-state index in [0.29, 0.717) is 6.42 Å². The van der Waals surface area contributed by atoms with Crippen LogP contribution in [0.4, 0.5) is 0 Å². The normalized spacial score (nSPS) is 15.3. The van der Waals surface area contributed by atoms with Crippen molar-refractivity contribution in [1.29, 1.82) is 0 Å². The van der Waals surface area contributed by atoms with Crippen LogP contribution >= 0.6 is 7.82 Å². The lowest BCUT2D eigenvalue weighted by Crippen LogP contribution is -2.24. The van der Waals surface area contributed by atoms with Gasteiger partial charge in [0.1, 0.15) is 18.8 Å². The smallest absolute Gasteiger partial charge is 0.463 e. The lowest BCUT2D eigenvalue weighted by Gasteiger charge is -2.16. The average Bonchev–Trinajstić information content (AvgIpc) is 2.82. The molecule has 0 saturated heterocycles. The zero-order chi connectivity index (χ0) is 25.5. The Bertz CT molecular complexity index is 557. The van der Waals surface area contributed by atoms with Crippen molar-refractivity contribution in [2.45, 2.75) is 109 Å². The Balaban J connectivity index is 3.56. The van der Waals surface area contributed by atoms with E-state index >= 15 is 0 Å². The standard InChI is InChI=1S/C24H47O9P/c1-2-3-4-5-6-7-8-9-10-11-12-13-14-15-16-17-24(28)31-19-23(27)21-33-34(29,30)32-20-22(26)18-25/h9-10,22-23,25-27H,2-8,11-21H2,1H3,(H,29,30)/b10-9-/t22-,23-/m0/s1. The van der Waals surface area contributed by atoms with Crippen LogP contribution in [-0.4, -0.2) is 64.8 Å². The van der Waals surface area contributed by atoms with Gasteiger partial charge in [-0.05, 0) is 32.1 Å². The fourth-order valence-electron chi connectivity index (χ4n) is 3.10. The number of ether oxygens (including phenoxy) is 1. The maximum absolute atomic E-state index is 11.7. The fourth-order valence-corrected chi connectivity index (χ4v) is 3.90. The Hall–Kier alpha value is -0.800. The molecule has 0 aliphatic heterocycles. The third kappa shape index (κ3) is 23.0. The van der Waals surface area contributed by atoms with Gasteiger partial charge in [-0.1, -0.05) is 70.4 Å². The van der Waals surface area contributed by atoms with E-state index in [2.05, 4.69) is 28.1 Å². The Labute approximate surface area is 205 Å². The first kappa shape index (κ1) is 33.2. The molecule has 3 atom stereocenters. The number of aliphatic hydroxyl groups excluding tert-OH is 3. The third-order valence-electron chi connectivity index (χ3n) is 5.15. The minimum atomic E-state index is -4.48. The van der Waals surface area contributed by atoms with E-state index in [1.807, 2.05) is 0 Å². The van der Waals surface area contributed by atoms with E-state index in [-0.39, 0.29) is 13.0 Å². The summed E-state index contributed by atoms with van der Waals surface area (Å²) in [6, 6.07) is 0. The number of unbranched alkanes of at least 4 members (excludes halogenated alkanes) is 11. The van der Waals surface area contributed by atoms with E-state index in [9.17, 15) is 19.4 Å². The van der Waals surface area contributed by atoms with Crippen molar-refractivity contribution < 1.29 is 43.4 Å². The number of carbonyl (C=O) groups excluding carboxylic acids is 1. The summed E-state index contributed by atoms with van der Waals surface area (Å²) in [4.78, 5) is 21.1. The van der Waals surface area contributed by atoms with Crippen molar-refractivity contribution in [2.75, 3.05) is 26.4 Å². The molecule has 9 nitrogen and oxygen atoms in total. The molecule has 202 valence electrons. The molecule has 0 rings (SSSR count). The van der Waals surface area contributed by atoms with Gasteiger partial charge in [0, 0.05) is 6.42 Å². The number of phosphoric acid groups is 1. The van der Waals surface area contributed by atoms with E-state index in [4.69, 9.17) is 14.9 Å². The molecule has 0 aromatic carbocycles. The molecule has 0 aromatic heterocycles. The second kappa shape index (κ2) is 22.7. The van der Waals surface area contributed by atoms with Gasteiger partial charge in [0.05, 0.1) is 19.8 Å². The first-order valence-electron chi connectivity index (χ1n) is 12.7. The average molecular weight is 511 g/mol. The highest BCUT2D eigenvalue weighted by Crippen LogP contribution is 2.43. The summed E-state index contributed by atoms with van der Waals surface area (Å²) < 4.78 is 25.5. The second-order valence-electron chi connectivity index (χ2n) is 8.57. The summed E-state index contributed by atoms with van der Waals surface area (Å²) in [5.74, 6) is -0.439.